The predicted molar refractivity (Wildman–Crippen MR) is 93.3 cm³/mol. The Morgan fingerprint density at radius 3 is 2.27 bits per heavy atom. The van der Waals surface area contributed by atoms with Gasteiger partial charge in [-0.2, -0.15) is 12.6 Å². The zero-order valence-electron chi connectivity index (χ0n) is 13.7. The third-order valence-corrected chi connectivity index (χ3v) is 3.22. The van der Waals surface area contributed by atoms with Crippen molar-refractivity contribution >= 4 is 37.1 Å². The number of ether oxygens (including phenoxy) is 1. The minimum absolute atomic E-state index is 0.160. The fraction of sp³-hybridized carbons (Fsp3) is 0.857. The normalized spacial score (nSPS) is 13.6. The topological polar surface area (TPSA) is 87.7 Å². The summed E-state index contributed by atoms with van der Waals surface area (Å²) in [6, 6.07) is 0. The zero-order valence-corrected chi connectivity index (χ0v) is 15.5. The molecule has 0 heterocycles. The molecule has 0 rings (SSSR count). The Hall–Kier alpha value is -0.440. The third-order valence-electron chi connectivity index (χ3n) is 2.87. The second-order valence-electron chi connectivity index (χ2n) is 6.24. The van der Waals surface area contributed by atoms with E-state index in [1.54, 1.807) is 27.7 Å². The molecule has 3 N–H and O–H groups in total. The lowest BCUT2D eigenvalue weighted by Gasteiger charge is -2.32. The molecule has 0 aliphatic heterocycles. The first-order chi connectivity index (χ1) is 9.99. The molecule has 0 aromatic rings. The van der Waals surface area contributed by atoms with E-state index in [1.165, 1.54) is 0 Å². The summed E-state index contributed by atoms with van der Waals surface area (Å²) in [5.41, 5.74) is -0.766. The van der Waals surface area contributed by atoms with E-state index in [0.29, 0.717) is 12.3 Å². The molecule has 0 bridgehead atoms. The first-order valence-corrected chi connectivity index (χ1v) is 8.27. The van der Waals surface area contributed by atoms with Crippen molar-refractivity contribution in [3.8, 4) is 0 Å². The summed E-state index contributed by atoms with van der Waals surface area (Å²) < 4.78 is 5.51. The molecule has 0 aliphatic rings. The van der Waals surface area contributed by atoms with Gasteiger partial charge in [0.15, 0.2) is 0 Å². The standard InChI is InChI=1S/C14H28N2O4S2/c1-13(2,9-20-14(3,4)22)11(18)12(19)16-6-5-10(17)15-7-8-21/h11,18,21-22H,5-9H2,1-4H3,(H,15,17)(H,16,19). The number of hydrogen-bond acceptors (Lipinski definition) is 6. The average Bonchev–Trinajstić information content (AvgIpc) is 2.41. The first kappa shape index (κ1) is 21.6. The van der Waals surface area contributed by atoms with Crippen molar-refractivity contribution in [1.82, 2.24) is 10.6 Å². The molecule has 0 spiro atoms. The number of hydrogen-bond donors (Lipinski definition) is 5. The van der Waals surface area contributed by atoms with E-state index in [4.69, 9.17) is 4.74 Å². The Morgan fingerprint density at radius 2 is 1.77 bits per heavy atom. The summed E-state index contributed by atoms with van der Waals surface area (Å²) in [4.78, 5) is 22.7. The van der Waals surface area contributed by atoms with Gasteiger partial charge < -0.3 is 20.5 Å². The van der Waals surface area contributed by atoms with Crippen LogP contribution in [-0.4, -0.2) is 53.4 Å². The van der Waals surface area contributed by atoms with Gasteiger partial charge in [-0.1, -0.05) is 13.8 Å². The number of amides is 2. The van der Waals surface area contributed by atoms with Gasteiger partial charge in [0, 0.05) is 30.7 Å². The first-order valence-electron chi connectivity index (χ1n) is 7.19. The molecule has 2 amide bonds. The van der Waals surface area contributed by atoms with Gasteiger partial charge in [0.25, 0.3) is 0 Å². The third kappa shape index (κ3) is 9.55. The quantitative estimate of drug-likeness (QED) is 0.294. The van der Waals surface area contributed by atoms with Crippen molar-refractivity contribution in [1.29, 1.82) is 0 Å². The molecule has 6 nitrogen and oxygen atoms in total. The van der Waals surface area contributed by atoms with Crippen LogP contribution in [-0.2, 0) is 14.3 Å². The Balaban J connectivity index is 4.21. The Morgan fingerprint density at radius 1 is 1.18 bits per heavy atom. The predicted octanol–water partition coefficient (Wildman–Crippen LogP) is 0.608. The summed E-state index contributed by atoms with van der Waals surface area (Å²) in [6.45, 7) is 7.86. The van der Waals surface area contributed by atoms with E-state index >= 15 is 0 Å². The number of aliphatic hydroxyl groups excluding tert-OH is 1. The number of nitrogens with one attached hydrogen (secondary N) is 2. The maximum Gasteiger partial charge on any atom is 0.249 e. The second-order valence-corrected chi connectivity index (χ2v) is 7.77. The lowest BCUT2D eigenvalue weighted by Crippen LogP contribution is -2.47. The Labute approximate surface area is 143 Å². The lowest BCUT2D eigenvalue weighted by molar-refractivity contribution is -0.139. The number of carbonyl (C=O) groups is 2. The summed E-state index contributed by atoms with van der Waals surface area (Å²) >= 11 is 8.22. The number of rotatable bonds is 10. The largest absolute Gasteiger partial charge is 0.383 e. The molecular formula is C14H28N2O4S2. The molecule has 130 valence electrons. The van der Waals surface area contributed by atoms with Crippen LogP contribution in [0.15, 0.2) is 0 Å². The lowest BCUT2D eigenvalue weighted by atomic mass is 9.87. The van der Waals surface area contributed by atoms with E-state index in [1.807, 2.05) is 0 Å². The summed E-state index contributed by atoms with van der Waals surface area (Å²) in [6.07, 6.45) is -1.07. The van der Waals surface area contributed by atoms with E-state index in [0.717, 1.165) is 0 Å². The van der Waals surface area contributed by atoms with Crippen LogP contribution in [0.3, 0.4) is 0 Å². The smallest absolute Gasteiger partial charge is 0.249 e. The molecule has 0 radical (unpaired) electrons. The Kier molecular flexibility index (Phi) is 9.45. The molecule has 8 heteroatoms. The van der Waals surface area contributed by atoms with Crippen LogP contribution in [0.4, 0.5) is 0 Å². The van der Waals surface area contributed by atoms with E-state index < -0.39 is 22.4 Å². The van der Waals surface area contributed by atoms with Crippen molar-refractivity contribution in [2.75, 3.05) is 25.4 Å². The van der Waals surface area contributed by atoms with Crippen LogP contribution >= 0.6 is 25.3 Å². The van der Waals surface area contributed by atoms with Gasteiger partial charge in [0.2, 0.25) is 11.8 Å². The van der Waals surface area contributed by atoms with Gasteiger partial charge >= 0.3 is 0 Å². The highest BCUT2D eigenvalue weighted by Gasteiger charge is 2.35. The van der Waals surface area contributed by atoms with Crippen molar-refractivity contribution in [3.63, 3.8) is 0 Å². The maximum absolute atomic E-state index is 11.9. The van der Waals surface area contributed by atoms with Crippen LogP contribution in [0, 0.1) is 5.41 Å². The van der Waals surface area contributed by atoms with Crippen molar-refractivity contribution < 1.29 is 19.4 Å². The number of carbonyl (C=O) groups excluding carboxylic acids is 2. The fourth-order valence-electron chi connectivity index (χ4n) is 1.48. The van der Waals surface area contributed by atoms with Crippen molar-refractivity contribution in [2.24, 2.45) is 5.41 Å². The maximum atomic E-state index is 11.9. The van der Waals surface area contributed by atoms with Gasteiger partial charge in [-0.3, -0.25) is 9.59 Å². The molecule has 0 fully saturated rings. The van der Waals surface area contributed by atoms with Crippen LogP contribution in [0.25, 0.3) is 0 Å². The van der Waals surface area contributed by atoms with Gasteiger partial charge in [0.05, 0.1) is 6.61 Å². The Bertz CT molecular complexity index is 370. The minimum Gasteiger partial charge on any atom is -0.383 e. The van der Waals surface area contributed by atoms with Gasteiger partial charge in [0.1, 0.15) is 11.0 Å². The minimum atomic E-state index is -1.23. The van der Waals surface area contributed by atoms with Crippen LogP contribution in [0.2, 0.25) is 0 Å². The highest BCUT2D eigenvalue weighted by atomic mass is 32.1. The van der Waals surface area contributed by atoms with Gasteiger partial charge in [-0.05, 0) is 13.8 Å². The molecule has 1 unspecified atom stereocenters. The average molecular weight is 353 g/mol. The van der Waals surface area contributed by atoms with Crippen LogP contribution in [0.5, 0.6) is 0 Å². The second kappa shape index (κ2) is 9.64. The molecule has 1 atom stereocenters. The van der Waals surface area contributed by atoms with E-state index in [-0.39, 0.29) is 25.5 Å². The molecule has 0 aromatic carbocycles. The zero-order chi connectivity index (χ0) is 17.4. The van der Waals surface area contributed by atoms with Gasteiger partial charge in [-0.15, -0.1) is 12.6 Å². The summed E-state index contributed by atoms with van der Waals surface area (Å²) in [5.74, 6) is -0.122. The highest BCUT2D eigenvalue weighted by molar-refractivity contribution is 7.81. The molecule has 0 aromatic heterocycles. The molecule has 0 saturated carbocycles. The van der Waals surface area contributed by atoms with E-state index in [2.05, 4.69) is 35.9 Å². The van der Waals surface area contributed by atoms with Crippen molar-refractivity contribution in [2.45, 2.75) is 45.2 Å². The fourth-order valence-corrected chi connectivity index (χ4v) is 1.65. The molecule has 0 saturated heterocycles. The molecule has 22 heavy (non-hydrogen) atoms. The number of aliphatic hydroxyl groups is 1. The molecule has 0 aliphatic carbocycles. The van der Waals surface area contributed by atoms with E-state index in [9.17, 15) is 14.7 Å². The summed E-state index contributed by atoms with van der Waals surface area (Å²) in [5, 5.41) is 15.3. The van der Waals surface area contributed by atoms with Crippen LogP contribution < -0.4 is 10.6 Å². The van der Waals surface area contributed by atoms with Crippen LogP contribution in [0.1, 0.15) is 34.1 Å². The molecular weight excluding hydrogens is 324 g/mol. The SMILES string of the molecule is CC(C)(S)OCC(C)(C)C(O)C(=O)NCCC(=O)NCCS. The van der Waals surface area contributed by atoms with Gasteiger partial charge in [-0.25, -0.2) is 0 Å². The summed E-state index contributed by atoms with van der Waals surface area (Å²) in [7, 11) is 0. The monoisotopic (exact) mass is 352 g/mol. The van der Waals surface area contributed by atoms with Crippen molar-refractivity contribution in [3.05, 3.63) is 0 Å². The number of thiol groups is 2. The highest BCUT2D eigenvalue weighted by Crippen LogP contribution is 2.25.